The van der Waals surface area contributed by atoms with Gasteiger partial charge in [-0.2, -0.15) is 0 Å². The van der Waals surface area contributed by atoms with Crippen LogP contribution in [0.1, 0.15) is 10.6 Å². The van der Waals surface area contributed by atoms with Gasteiger partial charge in [0, 0.05) is 10.6 Å². The number of hydrogen-bond donors (Lipinski definition) is 1. The first-order valence-corrected chi connectivity index (χ1v) is 9.32. The van der Waals surface area contributed by atoms with E-state index < -0.39 is 5.91 Å². The zero-order valence-corrected chi connectivity index (χ0v) is 16.3. The Morgan fingerprint density at radius 2 is 1.62 bits per heavy atom. The van der Waals surface area contributed by atoms with Crippen molar-refractivity contribution in [1.29, 1.82) is 0 Å². The number of anilines is 1. The van der Waals surface area contributed by atoms with E-state index in [4.69, 9.17) is 23.2 Å². The largest absolute Gasteiger partial charge is 0.318 e. The third-order valence-corrected chi connectivity index (χ3v) is 4.69. The first kappa shape index (κ1) is 19.1. The Kier molecular flexibility index (Phi) is 5.29. The molecule has 0 aliphatic rings. The lowest BCUT2D eigenvalue weighted by molar-refractivity contribution is 0.101. The summed E-state index contributed by atoms with van der Waals surface area (Å²) in [5.74, 6) is -0.562. The molecular weight excluding hydrogens is 414 g/mol. The molecule has 0 radical (unpaired) electrons. The number of benzene rings is 3. The summed E-state index contributed by atoms with van der Waals surface area (Å²) in [5, 5.41) is 8.01. The molecule has 0 spiro atoms. The third-order valence-electron chi connectivity index (χ3n) is 4.11. The fourth-order valence-corrected chi connectivity index (χ4v) is 3.01. The summed E-state index contributed by atoms with van der Waals surface area (Å²) in [7, 11) is 0. The molecule has 0 unspecified atom stereocenters. The third kappa shape index (κ3) is 4.13. The molecule has 144 valence electrons. The van der Waals surface area contributed by atoms with Crippen molar-refractivity contribution in [1.82, 2.24) is 14.8 Å². The van der Waals surface area contributed by atoms with Crippen LogP contribution in [-0.2, 0) is 0 Å². The first-order chi connectivity index (χ1) is 14.0. The maximum atomic E-state index is 13.3. The van der Waals surface area contributed by atoms with E-state index in [-0.39, 0.29) is 11.6 Å². The first-order valence-electron chi connectivity index (χ1n) is 8.56. The second-order valence-corrected chi connectivity index (χ2v) is 6.93. The average molecular weight is 427 g/mol. The molecule has 3 aromatic carbocycles. The molecule has 4 rings (SSSR count). The monoisotopic (exact) mass is 426 g/mol. The molecule has 1 aromatic heterocycles. The fraction of sp³-hybridized carbons (Fsp3) is 0. The normalized spacial score (nSPS) is 10.7. The molecule has 8 heteroatoms. The van der Waals surface area contributed by atoms with Crippen LogP contribution in [0.2, 0.25) is 10.0 Å². The second kappa shape index (κ2) is 8.03. The minimum Gasteiger partial charge on any atom is -0.318 e. The van der Waals surface area contributed by atoms with Crippen LogP contribution in [-0.4, -0.2) is 20.7 Å². The number of halogens is 3. The van der Waals surface area contributed by atoms with E-state index >= 15 is 0 Å². The topological polar surface area (TPSA) is 59.8 Å². The number of nitrogens with zero attached hydrogens (tertiary/aromatic N) is 3. The van der Waals surface area contributed by atoms with Gasteiger partial charge in [-0.3, -0.25) is 4.79 Å². The van der Waals surface area contributed by atoms with Crippen molar-refractivity contribution in [3.63, 3.8) is 0 Å². The van der Waals surface area contributed by atoms with Gasteiger partial charge in [0.25, 0.3) is 5.91 Å². The maximum Gasteiger partial charge on any atom is 0.295 e. The zero-order valence-electron chi connectivity index (χ0n) is 14.8. The highest BCUT2D eigenvalue weighted by molar-refractivity contribution is 6.33. The SMILES string of the molecule is O=C(Nc1ccccc1Cl)c1nc(-c2ccc(F)cc2)n(-c2ccc(Cl)cc2)n1. The summed E-state index contributed by atoms with van der Waals surface area (Å²) in [6.45, 7) is 0. The molecule has 0 atom stereocenters. The predicted octanol–water partition coefficient (Wildman–Crippen LogP) is 5.63. The summed E-state index contributed by atoms with van der Waals surface area (Å²) in [4.78, 5) is 17.1. The molecule has 0 bridgehead atoms. The summed E-state index contributed by atoms with van der Waals surface area (Å²) in [6.07, 6.45) is 0. The lowest BCUT2D eigenvalue weighted by Crippen LogP contribution is -2.14. The van der Waals surface area contributed by atoms with E-state index in [2.05, 4.69) is 15.4 Å². The number of para-hydroxylation sites is 1. The lowest BCUT2D eigenvalue weighted by atomic mass is 10.2. The second-order valence-electron chi connectivity index (χ2n) is 6.09. The van der Waals surface area contributed by atoms with E-state index in [1.807, 2.05) is 0 Å². The smallest absolute Gasteiger partial charge is 0.295 e. The average Bonchev–Trinajstić information content (AvgIpc) is 3.16. The van der Waals surface area contributed by atoms with Crippen LogP contribution in [0.4, 0.5) is 10.1 Å². The van der Waals surface area contributed by atoms with Crippen LogP contribution >= 0.6 is 23.2 Å². The standard InChI is InChI=1S/C21H13Cl2FN4O/c22-14-7-11-16(12-8-14)28-20(13-5-9-15(24)10-6-13)26-19(27-28)21(29)25-18-4-2-1-3-17(18)23/h1-12H,(H,25,29). The van der Waals surface area contributed by atoms with Crippen molar-refractivity contribution in [3.8, 4) is 17.1 Å². The Hall–Kier alpha value is -3.22. The number of amides is 1. The van der Waals surface area contributed by atoms with Gasteiger partial charge in [-0.05, 0) is 60.7 Å². The summed E-state index contributed by atoms with van der Waals surface area (Å²) < 4.78 is 14.9. The molecule has 0 aliphatic heterocycles. The van der Waals surface area contributed by atoms with Crippen LogP contribution in [0.5, 0.6) is 0 Å². The van der Waals surface area contributed by atoms with Crippen molar-refractivity contribution < 1.29 is 9.18 Å². The summed E-state index contributed by atoms with van der Waals surface area (Å²) in [5.41, 5.74) is 1.70. The number of carbonyl (C=O) groups is 1. The van der Waals surface area contributed by atoms with Crippen LogP contribution in [0.3, 0.4) is 0 Å². The lowest BCUT2D eigenvalue weighted by Gasteiger charge is -2.06. The van der Waals surface area contributed by atoms with Crippen LogP contribution < -0.4 is 5.32 Å². The van der Waals surface area contributed by atoms with E-state index in [0.717, 1.165) is 0 Å². The quantitative estimate of drug-likeness (QED) is 0.459. The predicted molar refractivity (Wildman–Crippen MR) is 111 cm³/mol. The minimum atomic E-state index is -0.519. The van der Waals surface area contributed by atoms with Gasteiger partial charge >= 0.3 is 0 Å². The Balaban J connectivity index is 1.76. The Morgan fingerprint density at radius 1 is 0.931 bits per heavy atom. The minimum absolute atomic E-state index is 0.0563. The summed E-state index contributed by atoms with van der Waals surface area (Å²) >= 11 is 12.1. The summed E-state index contributed by atoms with van der Waals surface area (Å²) in [6, 6.07) is 19.6. The Morgan fingerprint density at radius 3 is 2.31 bits per heavy atom. The Bertz CT molecular complexity index is 1110. The van der Waals surface area contributed by atoms with Crippen molar-refractivity contribution >= 4 is 34.8 Å². The maximum absolute atomic E-state index is 13.3. The number of aromatic nitrogens is 3. The van der Waals surface area contributed by atoms with Crippen molar-refractivity contribution in [2.45, 2.75) is 0 Å². The molecule has 1 heterocycles. The highest BCUT2D eigenvalue weighted by atomic mass is 35.5. The highest BCUT2D eigenvalue weighted by Crippen LogP contribution is 2.24. The van der Waals surface area contributed by atoms with Gasteiger partial charge < -0.3 is 5.32 Å². The van der Waals surface area contributed by atoms with Gasteiger partial charge in [-0.25, -0.2) is 14.1 Å². The molecule has 1 amide bonds. The highest BCUT2D eigenvalue weighted by Gasteiger charge is 2.19. The van der Waals surface area contributed by atoms with Gasteiger partial charge in [0.15, 0.2) is 5.82 Å². The van der Waals surface area contributed by atoms with Crippen molar-refractivity contribution in [2.75, 3.05) is 5.32 Å². The molecule has 0 fully saturated rings. The Labute approximate surface area is 175 Å². The molecule has 29 heavy (non-hydrogen) atoms. The van der Waals surface area contributed by atoms with Gasteiger partial charge in [0.05, 0.1) is 16.4 Å². The van der Waals surface area contributed by atoms with Crippen molar-refractivity contribution in [3.05, 3.63) is 94.5 Å². The molecule has 5 nitrogen and oxygen atoms in total. The van der Waals surface area contributed by atoms with Crippen LogP contribution in [0, 0.1) is 5.82 Å². The van der Waals surface area contributed by atoms with Crippen molar-refractivity contribution in [2.24, 2.45) is 0 Å². The molecule has 0 saturated carbocycles. The molecule has 0 saturated heterocycles. The van der Waals surface area contributed by atoms with Crippen LogP contribution in [0.15, 0.2) is 72.8 Å². The van der Waals surface area contributed by atoms with E-state index in [0.29, 0.717) is 32.8 Å². The molecule has 4 aromatic rings. The molecule has 1 N–H and O–H groups in total. The number of rotatable bonds is 4. The van der Waals surface area contributed by atoms with Gasteiger partial charge in [-0.15, -0.1) is 5.10 Å². The van der Waals surface area contributed by atoms with E-state index in [9.17, 15) is 9.18 Å². The van der Waals surface area contributed by atoms with Crippen LogP contribution in [0.25, 0.3) is 17.1 Å². The molecule has 0 aliphatic carbocycles. The fourth-order valence-electron chi connectivity index (χ4n) is 2.70. The zero-order chi connectivity index (χ0) is 20.4. The van der Waals surface area contributed by atoms with Gasteiger partial charge in [0.1, 0.15) is 5.82 Å². The van der Waals surface area contributed by atoms with Gasteiger partial charge in [0.2, 0.25) is 5.82 Å². The van der Waals surface area contributed by atoms with Gasteiger partial charge in [-0.1, -0.05) is 35.3 Å². The number of carbonyl (C=O) groups excluding carboxylic acids is 1. The van der Waals surface area contributed by atoms with E-state index in [1.54, 1.807) is 60.7 Å². The number of hydrogen-bond acceptors (Lipinski definition) is 3. The molecular formula is C21H13Cl2FN4O. The number of nitrogens with one attached hydrogen (secondary N) is 1. The van der Waals surface area contributed by atoms with E-state index in [1.165, 1.54) is 16.8 Å².